The largest absolute Gasteiger partial charge is 0.416 e. The van der Waals surface area contributed by atoms with E-state index in [0.717, 1.165) is 17.7 Å². The third-order valence-corrected chi connectivity index (χ3v) is 3.57. The molecule has 0 radical (unpaired) electrons. The Morgan fingerprint density at radius 1 is 1.00 bits per heavy atom. The van der Waals surface area contributed by atoms with Crippen molar-refractivity contribution in [3.63, 3.8) is 0 Å². The minimum absolute atomic E-state index is 0.0479. The van der Waals surface area contributed by atoms with E-state index < -0.39 is 11.7 Å². The summed E-state index contributed by atoms with van der Waals surface area (Å²) in [5, 5.41) is 9.48. The van der Waals surface area contributed by atoms with Crippen LogP contribution in [0.2, 0.25) is 0 Å². The average molecular weight is 394 g/mol. The van der Waals surface area contributed by atoms with E-state index >= 15 is 0 Å². The highest BCUT2D eigenvalue weighted by Gasteiger charge is 2.30. The van der Waals surface area contributed by atoms with Gasteiger partial charge in [0.25, 0.3) is 0 Å². The lowest BCUT2D eigenvalue weighted by Crippen LogP contribution is -2.25. The Labute approximate surface area is 159 Å². The summed E-state index contributed by atoms with van der Waals surface area (Å²) in [6.45, 7) is 3.14. The summed E-state index contributed by atoms with van der Waals surface area (Å²) < 4.78 is 38.2. The lowest BCUT2D eigenvalue weighted by molar-refractivity contribution is -0.137. The Morgan fingerprint density at radius 2 is 1.63 bits per heavy atom. The second-order valence-electron chi connectivity index (χ2n) is 5.60. The molecule has 0 aliphatic heterocycles. The minimum Gasteiger partial charge on any atom is -0.331 e. The highest BCUT2D eigenvalue weighted by molar-refractivity contribution is 7.80. The van der Waals surface area contributed by atoms with E-state index in [1.165, 1.54) is 19.1 Å². The first-order chi connectivity index (χ1) is 12.6. The van der Waals surface area contributed by atoms with Crippen molar-refractivity contribution in [1.82, 2.24) is 5.43 Å². The van der Waals surface area contributed by atoms with Crippen molar-refractivity contribution in [2.75, 3.05) is 10.6 Å². The van der Waals surface area contributed by atoms with E-state index in [2.05, 4.69) is 21.2 Å². The molecule has 0 aliphatic carbocycles. The Hall–Kier alpha value is -2.94. The molecule has 0 aliphatic rings. The summed E-state index contributed by atoms with van der Waals surface area (Å²) in [6.07, 6.45) is -4.43. The van der Waals surface area contributed by atoms with E-state index in [9.17, 15) is 18.0 Å². The zero-order chi connectivity index (χ0) is 20.0. The van der Waals surface area contributed by atoms with Gasteiger partial charge in [-0.15, -0.1) is 0 Å². The first-order valence-corrected chi connectivity index (χ1v) is 8.22. The number of alkyl halides is 3. The Morgan fingerprint density at radius 3 is 2.26 bits per heavy atom. The number of carbonyl (C=O) groups excluding carboxylic acids is 1. The number of rotatable bonds is 4. The van der Waals surface area contributed by atoms with Crippen LogP contribution in [0, 0.1) is 0 Å². The van der Waals surface area contributed by atoms with Gasteiger partial charge in [-0.2, -0.15) is 18.3 Å². The molecule has 0 saturated carbocycles. The van der Waals surface area contributed by atoms with Crippen molar-refractivity contribution < 1.29 is 18.0 Å². The smallest absolute Gasteiger partial charge is 0.331 e. The topological polar surface area (TPSA) is 65.5 Å². The van der Waals surface area contributed by atoms with Gasteiger partial charge in [-0.05, 0) is 55.0 Å². The molecule has 3 N–H and O–H groups in total. The molecule has 0 spiro atoms. The fourth-order valence-electron chi connectivity index (χ4n) is 2.16. The predicted molar refractivity (Wildman–Crippen MR) is 104 cm³/mol. The van der Waals surface area contributed by atoms with Gasteiger partial charge in [0.2, 0.25) is 5.91 Å². The molecule has 0 saturated heterocycles. The fourth-order valence-corrected chi connectivity index (χ4v) is 2.32. The van der Waals surface area contributed by atoms with Gasteiger partial charge in [0.1, 0.15) is 0 Å². The van der Waals surface area contributed by atoms with Crippen molar-refractivity contribution in [1.29, 1.82) is 0 Å². The standard InChI is InChI=1S/C18H17F3N4OS/c1-11(13-5-3-7-15(9-13)22-12(2)26)24-25-17(27)23-16-8-4-6-14(10-16)18(19,20)21/h3-10H,1-2H3,(H,22,26)(H2,23,25,27)/b24-11+. The third kappa shape index (κ3) is 6.37. The number of carbonyl (C=O) groups is 1. The van der Waals surface area contributed by atoms with E-state index in [-0.39, 0.29) is 16.7 Å². The molecule has 2 rings (SSSR count). The van der Waals surface area contributed by atoms with Crippen molar-refractivity contribution >= 4 is 40.3 Å². The maximum absolute atomic E-state index is 12.7. The van der Waals surface area contributed by atoms with Gasteiger partial charge >= 0.3 is 6.18 Å². The maximum Gasteiger partial charge on any atom is 0.416 e. The van der Waals surface area contributed by atoms with Gasteiger partial charge in [0.15, 0.2) is 5.11 Å². The van der Waals surface area contributed by atoms with Crippen LogP contribution < -0.4 is 16.1 Å². The van der Waals surface area contributed by atoms with Gasteiger partial charge in [-0.1, -0.05) is 18.2 Å². The van der Waals surface area contributed by atoms with Crippen LogP contribution in [0.1, 0.15) is 25.0 Å². The van der Waals surface area contributed by atoms with Crippen LogP contribution in [0.4, 0.5) is 24.5 Å². The van der Waals surface area contributed by atoms with E-state index in [1.807, 2.05) is 0 Å². The molecular weight excluding hydrogens is 377 g/mol. The number of nitrogens with one attached hydrogen (secondary N) is 3. The van der Waals surface area contributed by atoms with Crippen molar-refractivity contribution in [2.45, 2.75) is 20.0 Å². The Balaban J connectivity index is 2.03. The second kappa shape index (κ2) is 8.63. The summed E-state index contributed by atoms with van der Waals surface area (Å²) in [4.78, 5) is 11.1. The number of anilines is 2. The minimum atomic E-state index is -4.43. The summed E-state index contributed by atoms with van der Waals surface area (Å²) in [5.41, 5.74) is 3.96. The lowest BCUT2D eigenvalue weighted by Gasteiger charge is -2.11. The van der Waals surface area contributed by atoms with Crippen LogP contribution in [-0.4, -0.2) is 16.7 Å². The molecule has 2 aromatic rings. The highest BCUT2D eigenvalue weighted by Crippen LogP contribution is 2.30. The summed E-state index contributed by atoms with van der Waals surface area (Å²) in [7, 11) is 0. The Bertz CT molecular complexity index is 881. The fraction of sp³-hybridized carbons (Fsp3) is 0.167. The SMILES string of the molecule is CC(=O)Nc1cccc(/C(C)=N/NC(=S)Nc2cccc(C(F)(F)F)c2)c1. The van der Waals surface area contributed by atoms with Crippen LogP contribution in [0.3, 0.4) is 0 Å². The third-order valence-electron chi connectivity index (χ3n) is 3.37. The van der Waals surface area contributed by atoms with Gasteiger partial charge in [0, 0.05) is 18.3 Å². The molecule has 5 nitrogen and oxygen atoms in total. The molecule has 1 amide bonds. The number of amides is 1. The summed E-state index contributed by atoms with van der Waals surface area (Å²) in [5.74, 6) is -0.189. The van der Waals surface area contributed by atoms with E-state index in [1.54, 1.807) is 31.2 Å². The number of halogens is 3. The quantitative estimate of drug-likeness (QED) is 0.409. The molecule has 0 fully saturated rings. The van der Waals surface area contributed by atoms with Crippen molar-refractivity contribution in [3.05, 3.63) is 59.7 Å². The van der Waals surface area contributed by atoms with E-state index in [4.69, 9.17) is 12.2 Å². The molecule has 0 aromatic heterocycles. The molecule has 0 bridgehead atoms. The summed E-state index contributed by atoms with van der Waals surface area (Å²) in [6, 6.07) is 11.7. The van der Waals surface area contributed by atoms with Crippen LogP contribution in [0.25, 0.3) is 0 Å². The van der Waals surface area contributed by atoms with Gasteiger partial charge < -0.3 is 10.6 Å². The molecule has 0 unspecified atom stereocenters. The zero-order valence-corrected chi connectivity index (χ0v) is 15.3. The summed E-state index contributed by atoms with van der Waals surface area (Å²) >= 11 is 5.06. The van der Waals surface area contributed by atoms with Gasteiger partial charge in [0.05, 0.1) is 11.3 Å². The number of hydrogen-bond donors (Lipinski definition) is 3. The maximum atomic E-state index is 12.7. The molecule has 9 heteroatoms. The number of thiocarbonyl (C=S) groups is 1. The van der Waals surface area contributed by atoms with Crippen LogP contribution in [0.5, 0.6) is 0 Å². The normalized spacial score (nSPS) is 11.7. The van der Waals surface area contributed by atoms with Crippen LogP contribution >= 0.6 is 12.2 Å². The van der Waals surface area contributed by atoms with Crippen LogP contribution in [-0.2, 0) is 11.0 Å². The second-order valence-corrected chi connectivity index (χ2v) is 6.01. The number of hydrogen-bond acceptors (Lipinski definition) is 3. The average Bonchev–Trinajstić information content (AvgIpc) is 2.59. The molecular formula is C18H17F3N4OS. The predicted octanol–water partition coefficient (Wildman–Crippen LogP) is 4.37. The van der Waals surface area contributed by atoms with Crippen molar-refractivity contribution in [2.24, 2.45) is 5.10 Å². The van der Waals surface area contributed by atoms with Crippen molar-refractivity contribution in [3.8, 4) is 0 Å². The lowest BCUT2D eigenvalue weighted by atomic mass is 10.1. The molecule has 2 aromatic carbocycles. The highest BCUT2D eigenvalue weighted by atomic mass is 32.1. The number of benzene rings is 2. The van der Waals surface area contributed by atoms with Crippen LogP contribution in [0.15, 0.2) is 53.6 Å². The number of nitrogens with zero attached hydrogens (tertiary/aromatic N) is 1. The first-order valence-electron chi connectivity index (χ1n) is 7.82. The first kappa shape index (κ1) is 20.4. The molecule has 0 atom stereocenters. The molecule has 0 heterocycles. The van der Waals surface area contributed by atoms with E-state index in [0.29, 0.717) is 11.4 Å². The Kier molecular flexibility index (Phi) is 6.51. The molecule has 142 valence electrons. The molecule has 27 heavy (non-hydrogen) atoms. The van der Waals surface area contributed by atoms with Gasteiger partial charge in [-0.3, -0.25) is 10.2 Å². The van der Waals surface area contributed by atoms with Gasteiger partial charge in [-0.25, -0.2) is 0 Å². The number of hydrazone groups is 1. The zero-order valence-electron chi connectivity index (χ0n) is 14.5. The monoisotopic (exact) mass is 394 g/mol.